The summed E-state index contributed by atoms with van der Waals surface area (Å²) in [4.78, 5) is 26.8. The van der Waals surface area contributed by atoms with E-state index in [-0.39, 0.29) is 11.1 Å². The van der Waals surface area contributed by atoms with Crippen LogP contribution in [0.15, 0.2) is 53.4 Å². The first-order valence-electron chi connectivity index (χ1n) is 7.08. The summed E-state index contributed by atoms with van der Waals surface area (Å²) in [5.41, 5.74) is 3.18. The van der Waals surface area contributed by atoms with Crippen LogP contribution >= 0.6 is 23.4 Å². The number of imide groups is 1. The van der Waals surface area contributed by atoms with Gasteiger partial charge >= 0.3 is 0 Å². The summed E-state index contributed by atoms with van der Waals surface area (Å²) in [6.07, 6.45) is 0. The monoisotopic (exact) mass is 343 g/mol. The molecule has 1 saturated heterocycles. The van der Waals surface area contributed by atoms with Gasteiger partial charge in [0.25, 0.3) is 11.1 Å². The number of amides is 2. The standard InChI is InChI=1S/C18H14ClNO2S/c1-11-5-3-4-6-15(11)20-17(21)16(23-18(20)22)12(2)13-7-9-14(19)10-8-13/h3-10H,1-2H3/b16-12-. The molecular formula is C18H14ClNO2S. The van der Waals surface area contributed by atoms with Crippen molar-refractivity contribution >= 4 is 45.8 Å². The quantitative estimate of drug-likeness (QED) is 0.696. The van der Waals surface area contributed by atoms with Crippen molar-refractivity contribution in [3.8, 4) is 0 Å². The molecule has 0 aromatic heterocycles. The van der Waals surface area contributed by atoms with Crippen molar-refractivity contribution in [1.29, 1.82) is 0 Å². The predicted octanol–water partition coefficient (Wildman–Crippen LogP) is 5.28. The smallest absolute Gasteiger partial charge is 0.268 e. The third-order valence-electron chi connectivity index (χ3n) is 3.74. The molecule has 0 N–H and O–H groups in total. The molecule has 5 heteroatoms. The highest BCUT2D eigenvalue weighted by Crippen LogP contribution is 2.39. The van der Waals surface area contributed by atoms with Gasteiger partial charge in [0.2, 0.25) is 0 Å². The van der Waals surface area contributed by atoms with Gasteiger partial charge in [0, 0.05) is 5.02 Å². The maximum atomic E-state index is 12.8. The molecule has 1 aliphatic heterocycles. The van der Waals surface area contributed by atoms with Gasteiger partial charge in [-0.1, -0.05) is 41.9 Å². The molecule has 0 unspecified atom stereocenters. The highest BCUT2D eigenvalue weighted by Gasteiger charge is 2.38. The van der Waals surface area contributed by atoms with Gasteiger partial charge in [-0.2, -0.15) is 0 Å². The van der Waals surface area contributed by atoms with Crippen molar-refractivity contribution in [3.05, 3.63) is 69.6 Å². The van der Waals surface area contributed by atoms with E-state index < -0.39 is 0 Å². The third kappa shape index (κ3) is 2.92. The topological polar surface area (TPSA) is 37.4 Å². The van der Waals surface area contributed by atoms with Gasteiger partial charge in [0.05, 0.1) is 10.6 Å². The van der Waals surface area contributed by atoms with E-state index in [0.29, 0.717) is 15.6 Å². The number of carbonyl (C=O) groups excluding carboxylic acids is 2. The SMILES string of the molecule is C/C(=C1/SC(=O)N(c2ccccc2C)C1=O)c1ccc(Cl)cc1. The zero-order valence-electron chi connectivity index (χ0n) is 12.7. The van der Waals surface area contributed by atoms with Gasteiger partial charge in [-0.15, -0.1) is 0 Å². The molecule has 3 rings (SSSR count). The van der Waals surface area contributed by atoms with E-state index in [2.05, 4.69) is 0 Å². The minimum atomic E-state index is -0.276. The molecule has 0 saturated carbocycles. The summed E-state index contributed by atoms with van der Waals surface area (Å²) in [5, 5.41) is 0.363. The lowest BCUT2D eigenvalue weighted by Crippen LogP contribution is -2.28. The van der Waals surface area contributed by atoms with Crippen LogP contribution in [-0.2, 0) is 4.79 Å². The number of rotatable bonds is 2. The van der Waals surface area contributed by atoms with Crippen LogP contribution in [0.2, 0.25) is 5.02 Å². The summed E-state index contributed by atoms with van der Waals surface area (Å²) in [7, 11) is 0. The number of carbonyl (C=O) groups is 2. The lowest BCUT2D eigenvalue weighted by molar-refractivity contribution is -0.113. The summed E-state index contributed by atoms with van der Waals surface area (Å²) in [6.45, 7) is 3.73. The number of thioether (sulfide) groups is 1. The highest BCUT2D eigenvalue weighted by molar-refractivity contribution is 8.19. The highest BCUT2D eigenvalue weighted by atomic mass is 35.5. The lowest BCUT2D eigenvalue weighted by Gasteiger charge is -2.15. The molecule has 0 spiro atoms. The number of aryl methyl sites for hydroxylation is 1. The number of halogens is 1. The molecule has 0 aliphatic carbocycles. The average Bonchev–Trinajstić information content (AvgIpc) is 2.83. The second-order valence-electron chi connectivity index (χ2n) is 5.26. The van der Waals surface area contributed by atoms with E-state index in [1.165, 1.54) is 4.90 Å². The molecule has 116 valence electrons. The Hall–Kier alpha value is -2.04. The minimum Gasteiger partial charge on any atom is -0.268 e. The fraction of sp³-hybridized carbons (Fsp3) is 0.111. The minimum absolute atomic E-state index is 0.271. The van der Waals surface area contributed by atoms with Crippen molar-refractivity contribution < 1.29 is 9.59 Å². The predicted molar refractivity (Wildman–Crippen MR) is 95.7 cm³/mol. The van der Waals surface area contributed by atoms with Crippen LogP contribution in [-0.4, -0.2) is 11.1 Å². The first kappa shape index (κ1) is 15.8. The number of nitrogens with zero attached hydrogens (tertiary/aromatic N) is 1. The van der Waals surface area contributed by atoms with E-state index in [1.54, 1.807) is 18.2 Å². The van der Waals surface area contributed by atoms with Crippen molar-refractivity contribution in [2.45, 2.75) is 13.8 Å². The molecule has 0 radical (unpaired) electrons. The van der Waals surface area contributed by atoms with E-state index in [9.17, 15) is 9.59 Å². The Labute approximate surface area is 143 Å². The Morgan fingerprint density at radius 2 is 1.70 bits per heavy atom. The van der Waals surface area contributed by atoms with Crippen molar-refractivity contribution in [2.75, 3.05) is 4.90 Å². The van der Waals surface area contributed by atoms with Crippen molar-refractivity contribution in [1.82, 2.24) is 0 Å². The zero-order valence-corrected chi connectivity index (χ0v) is 14.2. The van der Waals surface area contributed by atoms with E-state index in [0.717, 1.165) is 28.5 Å². The number of allylic oxidation sites excluding steroid dienone is 1. The number of anilines is 1. The largest absolute Gasteiger partial charge is 0.298 e. The number of hydrogen-bond acceptors (Lipinski definition) is 3. The normalized spacial score (nSPS) is 16.9. The number of benzene rings is 2. The Morgan fingerprint density at radius 1 is 1.04 bits per heavy atom. The van der Waals surface area contributed by atoms with Gasteiger partial charge in [-0.25, -0.2) is 4.90 Å². The first-order chi connectivity index (χ1) is 11.0. The van der Waals surface area contributed by atoms with Crippen LogP contribution < -0.4 is 4.90 Å². The van der Waals surface area contributed by atoms with Crippen molar-refractivity contribution in [3.63, 3.8) is 0 Å². The molecule has 2 amide bonds. The molecule has 23 heavy (non-hydrogen) atoms. The molecule has 1 aliphatic rings. The van der Waals surface area contributed by atoms with Crippen LogP contribution in [0.1, 0.15) is 18.1 Å². The number of para-hydroxylation sites is 1. The van der Waals surface area contributed by atoms with Crippen molar-refractivity contribution in [2.24, 2.45) is 0 Å². The molecule has 1 heterocycles. The average molecular weight is 344 g/mol. The maximum Gasteiger partial charge on any atom is 0.298 e. The summed E-state index contributed by atoms with van der Waals surface area (Å²) >= 11 is 6.87. The van der Waals surface area contributed by atoms with Gasteiger partial charge in [0.15, 0.2) is 0 Å². The van der Waals surface area contributed by atoms with E-state index in [1.807, 2.05) is 44.2 Å². The Balaban J connectivity index is 2.03. The Morgan fingerprint density at radius 3 is 2.35 bits per heavy atom. The molecular weight excluding hydrogens is 330 g/mol. The van der Waals surface area contributed by atoms with Crippen LogP contribution in [0, 0.1) is 6.92 Å². The molecule has 3 nitrogen and oxygen atoms in total. The number of hydrogen-bond donors (Lipinski definition) is 0. The van der Waals surface area contributed by atoms with Gasteiger partial charge < -0.3 is 0 Å². The fourth-order valence-electron chi connectivity index (χ4n) is 2.45. The second kappa shape index (κ2) is 6.22. The summed E-state index contributed by atoms with van der Waals surface area (Å²) in [5.74, 6) is -0.276. The zero-order chi connectivity index (χ0) is 16.6. The fourth-order valence-corrected chi connectivity index (χ4v) is 3.47. The van der Waals surface area contributed by atoms with E-state index in [4.69, 9.17) is 11.6 Å². The Bertz CT molecular complexity index is 827. The van der Waals surface area contributed by atoms with E-state index >= 15 is 0 Å². The van der Waals surface area contributed by atoms with Crippen LogP contribution in [0.4, 0.5) is 10.5 Å². The lowest BCUT2D eigenvalue weighted by atomic mass is 10.1. The van der Waals surface area contributed by atoms with Gasteiger partial charge in [-0.05, 0) is 60.5 Å². The first-order valence-corrected chi connectivity index (χ1v) is 8.27. The Kier molecular flexibility index (Phi) is 4.28. The van der Waals surface area contributed by atoms with Crippen LogP contribution in [0.25, 0.3) is 5.57 Å². The second-order valence-corrected chi connectivity index (χ2v) is 6.65. The summed E-state index contributed by atoms with van der Waals surface area (Å²) in [6, 6.07) is 14.6. The maximum absolute atomic E-state index is 12.8. The summed E-state index contributed by atoms with van der Waals surface area (Å²) < 4.78 is 0. The van der Waals surface area contributed by atoms with Crippen LogP contribution in [0.5, 0.6) is 0 Å². The molecule has 2 aromatic carbocycles. The van der Waals surface area contributed by atoms with Gasteiger partial charge in [0.1, 0.15) is 0 Å². The van der Waals surface area contributed by atoms with Crippen LogP contribution in [0.3, 0.4) is 0 Å². The molecule has 0 atom stereocenters. The molecule has 0 bridgehead atoms. The molecule has 1 fully saturated rings. The van der Waals surface area contributed by atoms with Gasteiger partial charge in [-0.3, -0.25) is 9.59 Å². The molecule has 2 aromatic rings. The third-order valence-corrected chi connectivity index (χ3v) is 5.04.